The molecule has 0 spiro atoms. The van der Waals surface area contributed by atoms with Gasteiger partial charge in [-0.1, -0.05) is 36.8 Å². The van der Waals surface area contributed by atoms with E-state index in [-0.39, 0.29) is 12.5 Å². The normalized spacial score (nSPS) is 13.2. The first-order chi connectivity index (χ1) is 14.0. The number of ether oxygens (including phenoxy) is 1. The number of carboxylic acids is 1. The van der Waals surface area contributed by atoms with Crippen LogP contribution in [0.25, 0.3) is 0 Å². The van der Waals surface area contributed by atoms with Gasteiger partial charge in [0.15, 0.2) is 0 Å². The molecule has 1 aromatic heterocycles. The standard InChI is InChI=1S/C21H24N2O5S/c24-17(12-28-13-18(25)26)23-21-19(15-9-5-2-6-10-16(15)29-21)20(27)22-11-14-7-3-1-4-8-14/h1,3-4,7-8H,2,5-6,9-13H2,(H,22,27)(H,23,24)(H,25,26). The first-order valence-electron chi connectivity index (χ1n) is 9.60. The van der Waals surface area contributed by atoms with E-state index in [4.69, 9.17) is 9.84 Å². The number of hydrogen-bond acceptors (Lipinski definition) is 5. The highest BCUT2D eigenvalue weighted by atomic mass is 32.1. The molecule has 0 unspecified atom stereocenters. The average Bonchev–Trinajstić information content (AvgIpc) is 2.87. The zero-order valence-electron chi connectivity index (χ0n) is 16.0. The van der Waals surface area contributed by atoms with Gasteiger partial charge < -0.3 is 20.5 Å². The van der Waals surface area contributed by atoms with Gasteiger partial charge in [0.05, 0.1) is 5.56 Å². The predicted octanol–water partition coefficient (Wildman–Crippen LogP) is 2.99. The monoisotopic (exact) mass is 416 g/mol. The highest BCUT2D eigenvalue weighted by molar-refractivity contribution is 7.17. The number of aliphatic carboxylic acids is 1. The van der Waals surface area contributed by atoms with Crippen molar-refractivity contribution < 1.29 is 24.2 Å². The smallest absolute Gasteiger partial charge is 0.329 e. The lowest BCUT2D eigenvalue weighted by Gasteiger charge is -2.10. The summed E-state index contributed by atoms with van der Waals surface area (Å²) >= 11 is 1.43. The number of anilines is 1. The second-order valence-electron chi connectivity index (χ2n) is 6.87. The van der Waals surface area contributed by atoms with Gasteiger partial charge in [0.1, 0.15) is 18.2 Å². The van der Waals surface area contributed by atoms with Crippen molar-refractivity contribution in [2.24, 2.45) is 0 Å². The summed E-state index contributed by atoms with van der Waals surface area (Å²) in [5.41, 5.74) is 2.53. The van der Waals surface area contributed by atoms with Crippen molar-refractivity contribution in [2.75, 3.05) is 18.5 Å². The van der Waals surface area contributed by atoms with Crippen LogP contribution in [0.2, 0.25) is 0 Å². The van der Waals surface area contributed by atoms with E-state index in [1.165, 1.54) is 11.3 Å². The van der Waals surface area contributed by atoms with Gasteiger partial charge in [-0.05, 0) is 36.8 Å². The van der Waals surface area contributed by atoms with Crippen molar-refractivity contribution in [1.82, 2.24) is 5.32 Å². The number of fused-ring (bicyclic) bond motifs is 1. The van der Waals surface area contributed by atoms with Crippen LogP contribution >= 0.6 is 11.3 Å². The molecule has 2 aromatic rings. The summed E-state index contributed by atoms with van der Waals surface area (Å²) in [6.07, 6.45) is 4.90. The van der Waals surface area contributed by atoms with Crippen LogP contribution in [-0.2, 0) is 33.7 Å². The van der Waals surface area contributed by atoms with Crippen molar-refractivity contribution in [3.05, 3.63) is 51.9 Å². The minimum atomic E-state index is -1.14. The molecule has 0 saturated heterocycles. The fourth-order valence-corrected chi connectivity index (χ4v) is 4.63. The van der Waals surface area contributed by atoms with Gasteiger partial charge in [-0.2, -0.15) is 0 Å². The molecule has 8 heteroatoms. The molecule has 2 amide bonds. The summed E-state index contributed by atoms with van der Waals surface area (Å²) in [5.74, 6) is -1.82. The van der Waals surface area contributed by atoms with Crippen LogP contribution in [-0.4, -0.2) is 36.1 Å². The van der Waals surface area contributed by atoms with Crippen LogP contribution in [0.3, 0.4) is 0 Å². The second kappa shape index (κ2) is 10.2. The molecular formula is C21H24N2O5S. The van der Waals surface area contributed by atoms with Crippen molar-refractivity contribution in [3.8, 4) is 0 Å². The minimum absolute atomic E-state index is 0.213. The fraction of sp³-hybridized carbons (Fsp3) is 0.381. The van der Waals surface area contributed by atoms with Gasteiger partial charge in [-0.3, -0.25) is 9.59 Å². The van der Waals surface area contributed by atoms with E-state index in [9.17, 15) is 14.4 Å². The largest absolute Gasteiger partial charge is 0.480 e. The molecule has 1 aliphatic rings. The zero-order valence-corrected chi connectivity index (χ0v) is 16.8. The molecule has 1 heterocycles. The summed E-state index contributed by atoms with van der Waals surface area (Å²) in [4.78, 5) is 36.8. The van der Waals surface area contributed by atoms with Gasteiger partial charge in [0.2, 0.25) is 0 Å². The number of nitrogens with one attached hydrogen (secondary N) is 2. The number of aryl methyl sites for hydroxylation is 1. The van der Waals surface area contributed by atoms with Gasteiger partial charge in [-0.15, -0.1) is 11.3 Å². The summed E-state index contributed by atoms with van der Waals surface area (Å²) in [6, 6.07) is 9.64. The van der Waals surface area contributed by atoms with Gasteiger partial charge in [0, 0.05) is 11.4 Å². The molecule has 0 radical (unpaired) electrons. The fourth-order valence-electron chi connectivity index (χ4n) is 3.33. The maximum Gasteiger partial charge on any atom is 0.329 e. The molecule has 154 valence electrons. The quantitative estimate of drug-likeness (QED) is 0.574. The van der Waals surface area contributed by atoms with Crippen molar-refractivity contribution in [1.29, 1.82) is 0 Å². The minimum Gasteiger partial charge on any atom is -0.480 e. The number of amides is 2. The highest BCUT2D eigenvalue weighted by Gasteiger charge is 2.25. The van der Waals surface area contributed by atoms with Gasteiger partial charge in [0.25, 0.3) is 11.8 Å². The third kappa shape index (κ3) is 5.88. The number of carboxylic acid groups (broad SMARTS) is 1. The average molecular weight is 416 g/mol. The van der Waals surface area contributed by atoms with Crippen molar-refractivity contribution in [2.45, 2.75) is 38.6 Å². The Morgan fingerprint density at radius 1 is 1.03 bits per heavy atom. The number of carbonyl (C=O) groups is 3. The van der Waals surface area contributed by atoms with Crippen LogP contribution in [0, 0.1) is 0 Å². The Bertz CT molecular complexity index is 879. The molecule has 0 bridgehead atoms. The third-order valence-electron chi connectivity index (χ3n) is 4.66. The first-order valence-corrected chi connectivity index (χ1v) is 10.4. The first kappa shape index (κ1) is 21.0. The molecule has 3 rings (SSSR count). The topological polar surface area (TPSA) is 105 Å². The second-order valence-corrected chi connectivity index (χ2v) is 7.98. The molecule has 29 heavy (non-hydrogen) atoms. The Hall–Kier alpha value is -2.71. The van der Waals surface area contributed by atoms with Crippen LogP contribution in [0.4, 0.5) is 5.00 Å². The third-order valence-corrected chi connectivity index (χ3v) is 5.86. The molecular weight excluding hydrogens is 392 g/mol. The van der Waals surface area contributed by atoms with E-state index in [1.54, 1.807) is 0 Å². The lowest BCUT2D eigenvalue weighted by Crippen LogP contribution is -2.26. The summed E-state index contributed by atoms with van der Waals surface area (Å²) in [5, 5.41) is 14.8. The van der Waals surface area contributed by atoms with Gasteiger partial charge >= 0.3 is 5.97 Å². The van der Waals surface area contributed by atoms with Crippen LogP contribution in [0.15, 0.2) is 30.3 Å². The zero-order chi connectivity index (χ0) is 20.6. The number of hydrogen-bond donors (Lipinski definition) is 3. The molecule has 0 aliphatic heterocycles. The molecule has 0 fully saturated rings. The van der Waals surface area contributed by atoms with Crippen molar-refractivity contribution in [3.63, 3.8) is 0 Å². The Labute approximate surface area is 173 Å². The SMILES string of the molecule is O=C(O)COCC(=O)Nc1sc2c(c1C(=O)NCc1ccccc1)CCCCC2. The van der Waals surface area contributed by atoms with E-state index < -0.39 is 18.5 Å². The number of thiophene rings is 1. The molecule has 1 aliphatic carbocycles. The highest BCUT2D eigenvalue weighted by Crippen LogP contribution is 2.37. The Morgan fingerprint density at radius 3 is 2.55 bits per heavy atom. The molecule has 1 aromatic carbocycles. The Morgan fingerprint density at radius 2 is 1.79 bits per heavy atom. The molecule has 7 nitrogen and oxygen atoms in total. The summed E-state index contributed by atoms with van der Waals surface area (Å²) in [7, 11) is 0. The number of carbonyl (C=O) groups excluding carboxylic acids is 2. The van der Waals surface area contributed by atoms with Crippen LogP contribution in [0.5, 0.6) is 0 Å². The van der Waals surface area contributed by atoms with E-state index >= 15 is 0 Å². The number of rotatable bonds is 8. The van der Waals surface area contributed by atoms with E-state index in [1.807, 2.05) is 30.3 Å². The molecule has 0 saturated carbocycles. The maximum absolute atomic E-state index is 13.0. The van der Waals surface area contributed by atoms with Crippen LogP contribution < -0.4 is 10.6 Å². The maximum atomic E-state index is 13.0. The predicted molar refractivity (Wildman–Crippen MR) is 110 cm³/mol. The molecule has 3 N–H and O–H groups in total. The van der Waals surface area contributed by atoms with Crippen LogP contribution in [0.1, 0.15) is 45.6 Å². The lowest BCUT2D eigenvalue weighted by molar-refractivity contribution is -0.143. The number of benzene rings is 1. The Kier molecular flexibility index (Phi) is 7.37. The van der Waals surface area contributed by atoms with E-state index in [0.717, 1.165) is 48.1 Å². The summed E-state index contributed by atoms with van der Waals surface area (Å²) < 4.78 is 4.85. The van der Waals surface area contributed by atoms with E-state index in [0.29, 0.717) is 17.1 Å². The van der Waals surface area contributed by atoms with Crippen molar-refractivity contribution >= 4 is 34.1 Å². The molecule has 0 atom stereocenters. The van der Waals surface area contributed by atoms with Gasteiger partial charge in [-0.25, -0.2) is 4.79 Å². The van der Waals surface area contributed by atoms with E-state index in [2.05, 4.69) is 10.6 Å². The Balaban J connectivity index is 1.75. The summed E-state index contributed by atoms with van der Waals surface area (Å²) in [6.45, 7) is -0.516. The lowest BCUT2D eigenvalue weighted by atomic mass is 10.0.